The van der Waals surface area contributed by atoms with Crippen molar-refractivity contribution in [3.05, 3.63) is 71.2 Å². The summed E-state index contributed by atoms with van der Waals surface area (Å²) in [5, 5.41) is 0. The van der Waals surface area contributed by atoms with Crippen molar-refractivity contribution < 1.29 is 4.39 Å². The largest absolute Gasteiger partial charge is 0.313 e. The minimum Gasteiger partial charge on any atom is -0.313 e. The summed E-state index contributed by atoms with van der Waals surface area (Å²) >= 11 is 3.50. The lowest BCUT2D eigenvalue weighted by Crippen LogP contribution is -1.92. The zero-order valence-corrected chi connectivity index (χ0v) is 14.0. The first-order valence-electron chi connectivity index (χ1n) is 7.18. The van der Waals surface area contributed by atoms with E-state index in [1.807, 2.05) is 29.8 Å². The molecule has 5 heteroatoms. The second kappa shape index (κ2) is 5.35. The number of hydrogen-bond acceptors (Lipinski definition) is 1. The molecular weight excluding hydrogens is 357 g/mol. The van der Waals surface area contributed by atoms with E-state index in [1.54, 1.807) is 12.1 Å². The molecular formula is C18H13BrFN3. The lowest BCUT2D eigenvalue weighted by molar-refractivity contribution is 0.628. The number of benzene rings is 2. The molecule has 0 spiro atoms. The van der Waals surface area contributed by atoms with Gasteiger partial charge in [0.2, 0.25) is 5.78 Å². The number of imidazole rings is 2. The Hall–Kier alpha value is -2.40. The van der Waals surface area contributed by atoms with Crippen LogP contribution >= 0.6 is 15.9 Å². The van der Waals surface area contributed by atoms with E-state index in [1.165, 1.54) is 12.1 Å². The predicted molar refractivity (Wildman–Crippen MR) is 92.7 cm³/mol. The van der Waals surface area contributed by atoms with Crippen molar-refractivity contribution in [3.63, 3.8) is 0 Å². The van der Waals surface area contributed by atoms with Gasteiger partial charge in [0, 0.05) is 35.0 Å². The average molecular weight is 370 g/mol. The van der Waals surface area contributed by atoms with E-state index >= 15 is 0 Å². The second-order valence-corrected chi connectivity index (χ2v) is 6.34. The van der Waals surface area contributed by atoms with Gasteiger partial charge in [-0.1, -0.05) is 28.1 Å². The lowest BCUT2D eigenvalue weighted by Gasteiger charge is -2.03. The van der Waals surface area contributed by atoms with Crippen LogP contribution in [0.25, 0.3) is 28.3 Å². The fourth-order valence-corrected chi connectivity index (χ4v) is 3.13. The van der Waals surface area contributed by atoms with Crippen LogP contribution in [0.5, 0.6) is 0 Å². The Morgan fingerprint density at radius 1 is 1.00 bits per heavy atom. The first kappa shape index (κ1) is 14.2. The highest BCUT2D eigenvalue weighted by Crippen LogP contribution is 2.27. The summed E-state index contributed by atoms with van der Waals surface area (Å²) in [7, 11) is 1.99. The molecule has 0 fully saturated rings. The molecule has 0 N–H and O–H groups in total. The molecule has 3 nitrogen and oxygen atoms in total. The average Bonchev–Trinajstić information content (AvgIpc) is 3.08. The first-order chi connectivity index (χ1) is 11.1. The second-order valence-electron chi connectivity index (χ2n) is 5.42. The minimum atomic E-state index is -0.241. The first-order valence-corrected chi connectivity index (χ1v) is 7.97. The summed E-state index contributed by atoms with van der Waals surface area (Å²) in [6, 6.07) is 14.6. The molecule has 2 aromatic heterocycles. The molecule has 0 saturated heterocycles. The van der Waals surface area contributed by atoms with Crippen LogP contribution in [0.15, 0.2) is 65.4 Å². The maximum Gasteiger partial charge on any atom is 0.214 e. The molecule has 0 bridgehead atoms. The van der Waals surface area contributed by atoms with E-state index in [9.17, 15) is 4.39 Å². The van der Waals surface area contributed by atoms with Crippen molar-refractivity contribution in [2.24, 2.45) is 7.05 Å². The maximum atomic E-state index is 13.1. The van der Waals surface area contributed by atoms with Gasteiger partial charge in [0.1, 0.15) is 5.82 Å². The third kappa shape index (κ3) is 2.47. The molecule has 4 rings (SSSR count). The predicted octanol–water partition coefficient (Wildman–Crippen LogP) is 4.91. The minimum absolute atomic E-state index is 0.241. The molecule has 0 radical (unpaired) electrons. The molecule has 2 heterocycles. The standard InChI is InChI=1S/C18H13BrFN3/c1-22-17(13-3-2-4-14(19)9-13)11-23-10-16(21-18(22)23)12-5-7-15(20)8-6-12/h2-11H,1H3. The smallest absolute Gasteiger partial charge is 0.214 e. The van der Waals surface area contributed by atoms with E-state index < -0.39 is 0 Å². The van der Waals surface area contributed by atoms with Crippen LogP contribution in [0.1, 0.15) is 0 Å². The molecule has 0 aliphatic carbocycles. The van der Waals surface area contributed by atoms with Crippen LogP contribution in [-0.4, -0.2) is 14.0 Å². The van der Waals surface area contributed by atoms with Gasteiger partial charge in [0.15, 0.2) is 0 Å². The number of hydrogen-bond donors (Lipinski definition) is 0. The number of aryl methyl sites for hydroxylation is 1. The molecule has 0 saturated carbocycles. The van der Waals surface area contributed by atoms with Crippen molar-refractivity contribution in [1.29, 1.82) is 0 Å². The van der Waals surface area contributed by atoms with E-state index in [-0.39, 0.29) is 5.82 Å². The van der Waals surface area contributed by atoms with Crippen molar-refractivity contribution in [3.8, 4) is 22.5 Å². The van der Waals surface area contributed by atoms with Crippen molar-refractivity contribution in [2.75, 3.05) is 0 Å². The highest BCUT2D eigenvalue weighted by atomic mass is 79.9. The van der Waals surface area contributed by atoms with Gasteiger partial charge in [-0.05, 0) is 36.4 Å². The molecule has 0 amide bonds. The number of fused-ring (bicyclic) bond motifs is 1. The SMILES string of the molecule is Cn1c(-c2cccc(Br)c2)cn2cc(-c3ccc(F)cc3)nc12. The summed E-state index contributed by atoms with van der Waals surface area (Å²) in [6.07, 6.45) is 4.02. The fourth-order valence-electron chi connectivity index (χ4n) is 2.73. The summed E-state index contributed by atoms with van der Waals surface area (Å²) in [5.74, 6) is 0.605. The van der Waals surface area contributed by atoms with Gasteiger partial charge in [0.25, 0.3) is 0 Å². The van der Waals surface area contributed by atoms with Gasteiger partial charge in [-0.25, -0.2) is 9.37 Å². The van der Waals surface area contributed by atoms with Crippen LogP contribution < -0.4 is 0 Å². The van der Waals surface area contributed by atoms with E-state index in [2.05, 4.69) is 43.8 Å². The maximum absolute atomic E-state index is 13.1. The summed E-state index contributed by atoms with van der Waals surface area (Å²) in [4.78, 5) is 4.67. The number of nitrogens with zero attached hydrogens (tertiary/aromatic N) is 3. The van der Waals surface area contributed by atoms with E-state index in [0.717, 1.165) is 32.8 Å². The summed E-state index contributed by atoms with van der Waals surface area (Å²) < 4.78 is 18.1. The molecule has 23 heavy (non-hydrogen) atoms. The third-order valence-electron chi connectivity index (χ3n) is 3.90. The van der Waals surface area contributed by atoms with Crippen LogP contribution in [-0.2, 0) is 7.05 Å². The number of aromatic nitrogens is 3. The molecule has 114 valence electrons. The number of rotatable bonds is 2. The monoisotopic (exact) mass is 369 g/mol. The molecule has 0 aliphatic rings. The zero-order chi connectivity index (χ0) is 16.0. The summed E-state index contributed by atoms with van der Waals surface area (Å²) in [6.45, 7) is 0. The lowest BCUT2D eigenvalue weighted by atomic mass is 10.1. The highest BCUT2D eigenvalue weighted by molar-refractivity contribution is 9.10. The Bertz CT molecular complexity index is 999. The topological polar surface area (TPSA) is 22.2 Å². The summed E-state index contributed by atoms with van der Waals surface area (Å²) in [5.41, 5.74) is 3.94. The Morgan fingerprint density at radius 3 is 2.48 bits per heavy atom. The van der Waals surface area contributed by atoms with Gasteiger partial charge in [-0.2, -0.15) is 0 Å². The molecule has 0 aliphatic heterocycles. The zero-order valence-electron chi connectivity index (χ0n) is 12.4. The normalized spacial score (nSPS) is 11.3. The third-order valence-corrected chi connectivity index (χ3v) is 4.39. The Kier molecular flexibility index (Phi) is 3.31. The molecule has 4 aromatic rings. The van der Waals surface area contributed by atoms with Crippen LogP contribution in [0, 0.1) is 5.82 Å². The van der Waals surface area contributed by atoms with Crippen molar-refractivity contribution in [2.45, 2.75) is 0 Å². The van der Waals surface area contributed by atoms with Gasteiger partial charge in [-0.15, -0.1) is 0 Å². The van der Waals surface area contributed by atoms with Crippen molar-refractivity contribution >= 4 is 21.7 Å². The molecule has 2 aromatic carbocycles. The Labute approximate surface area is 141 Å². The van der Waals surface area contributed by atoms with E-state index in [4.69, 9.17) is 0 Å². The van der Waals surface area contributed by atoms with E-state index in [0.29, 0.717) is 0 Å². The Morgan fingerprint density at radius 2 is 1.78 bits per heavy atom. The fraction of sp³-hybridized carbons (Fsp3) is 0.0556. The van der Waals surface area contributed by atoms with Gasteiger partial charge in [0.05, 0.1) is 11.4 Å². The molecule has 0 atom stereocenters. The van der Waals surface area contributed by atoms with Crippen LogP contribution in [0.2, 0.25) is 0 Å². The quantitative estimate of drug-likeness (QED) is 0.492. The van der Waals surface area contributed by atoms with Crippen LogP contribution in [0.3, 0.4) is 0 Å². The van der Waals surface area contributed by atoms with Crippen LogP contribution in [0.4, 0.5) is 4.39 Å². The molecule has 0 unspecified atom stereocenters. The van der Waals surface area contributed by atoms with Gasteiger partial charge in [-0.3, -0.25) is 4.40 Å². The number of halogens is 2. The van der Waals surface area contributed by atoms with Gasteiger partial charge < -0.3 is 4.57 Å². The Balaban J connectivity index is 1.81. The highest BCUT2D eigenvalue weighted by Gasteiger charge is 2.12. The van der Waals surface area contributed by atoms with Gasteiger partial charge >= 0.3 is 0 Å². The van der Waals surface area contributed by atoms with Crippen molar-refractivity contribution in [1.82, 2.24) is 14.0 Å².